The van der Waals surface area contributed by atoms with Crippen LogP contribution in [0.1, 0.15) is 13.8 Å². The predicted molar refractivity (Wildman–Crippen MR) is 62.1 cm³/mol. The van der Waals surface area contributed by atoms with E-state index in [0.717, 1.165) is 0 Å². The van der Waals surface area contributed by atoms with Crippen LogP contribution in [0, 0.1) is 0 Å². The van der Waals surface area contributed by atoms with Gasteiger partial charge in [-0.1, -0.05) is 0 Å². The van der Waals surface area contributed by atoms with E-state index in [1.807, 2.05) is 0 Å². The average molecular weight is 272 g/mol. The topological polar surface area (TPSA) is 66.8 Å². The van der Waals surface area contributed by atoms with Crippen LogP contribution in [0.4, 0.5) is 0 Å². The van der Waals surface area contributed by atoms with Gasteiger partial charge in [-0.25, -0.2) is 8.42 Å². The first-order valence-electron chi connectivity index (χ1n) is 5.13. The molecule has 0 aliphatic carbocycles. The second-order valence-electron chi connectivity index (χ2n) is 4.48. The molecule has 1 aliphatic rings. The molecule has 1 aliphatic heterocycles. The van der Waals surface area contributed by atoms with Crippen molar-refractivity contribution >= 4 is 21.6 Å². The van der Waals surface area contributed by atoms with E-state index in [4.69, 9.17) is 21.4 Å². The predicted octanol–water partition coefficient (Wildman–Crippen LogP) is 0.0267. The van der Waals surface area contributed by atoms with Crippen LogP contribution >= 0.6 is 11.6 Å². The lowest BCUT2D eigenvalue weighted by molar-refractivity contribution is -0.131. The van der Waals surface area contributed by atoms with E-state index in [2.05, 4.69) is 0 Å². The lowest BCUT2D eigenvalue weighted by Gasteiger charge is -2.41. The summed E-state index contributed by atoms with van der Waals surface area (Å²) in [6.45, 7) is 3.91. The minimum Gasteiger partial charge on any atom is -0.394 e. The monoisotopic (exact) mass is 271 g/mol. The maximum atomic E-state index is 11.8. The summed E-state index contributed by atoms with van der Waals surface area (Å²) in [4.78, 5) is 0. The maximum absolute atomic E-state index is 11.8. The summed E-state index contributed by atoms with van der Waals surface area (Å²) < 4.78 is 30.6. The molecule has 1 heterocycles. The van der Waals surface area contributed by atoms with E-state index in [-0.39, 0.29) is 24.8 Å². The Kier molecular flexibility index (Phi) is 4.59. The van der Waals surface area contributed by atoms with Crippen molar-refractivity contribution in [2.24, 2.45) is 0 Å². The molecule has 96 valence electrons. The average Bonchev–Trinajstić information content (AvgIpc) is 2.15. The third-order valence-corrected chi connectivity index (χ3v) is 4.58. The van der Waals surface area contributed by atoms with Gasteiger partial charge in [-0.3, -0.25) is 0 Å². The molecular weight excluding hydrogens is 254 g/mol. The van der Waals surface area contributed by atoms with Crippen LogP contribution in [0.2, 0.25) is 0 Å². The number of morpholine rings is 1. The molecule has 1 N–H and O–H groups in total. The van der Waals surface area contributed by atoms with Gasteiger partial charge in [0.25, 0.3) is 0 Å². The number of alkyl halides is 1. The van der Waals surface area contributed by atoms with Crippen LogP contribution in [0.3, 0.4) is 0 Å². The van der Waals surface area contributed by atoms with Crippen LogP contribution in [0.25, 0.3) is 0 Å². The summed E-state index contributed by atoms with van der Waals surface area (Å²) >= 11 is 5.46. The molecule has 16 heavy (non-hydrogen) atoms. The van der Waals surface area contributed by atoms with Gasteiger partial charge in [-0.05, 0) is 13.8 Å². The molecule has 1 fully saturated rings. The standard InChI is InChI=1S/C9H18ClNO4S/c1-9(2)7-11(5-8(6-12)15-9)16(13,14)4-3-10/h8,12H,3-7H2,1-2H3. The first kappa shape index (κ1) is 14.2. The molecule has 0 bridgehead atoms. The second kappa shape index (κ2) is 5.18. The number of rotatable bonds is 4. The van der Waals surface area contributed by atoms with Crippen LogP contribution < -0.4 is 0 Å². The van der Waals surface area contributed by atoms with Gasteiger partial charge in [0.2, 0.25) is 10.0 Å². The van der Waals surface area contributed by atoms with Crippen LogP contribution in [0.5, 0.6) is 0 Å². The number of hydrogen-bond donors (Lipinski definition) is 1. The number of sulfonamides is 1. The van der Waals surface area contributed by atoms with Crippen molar-refractivity contribution in [3.05, 3.63) is 0 Å². The molecule has 0 aromatic heterocycles. The Labute approximate surface area is 101 Å². The Bertz CT molecular complexity index is 330. The van der Waals surface area contributed by atoms with Gasteiger partial charge in [0.1, 0.15) is 0 Å². The molecule has 1 atom stereocenters. The van der Waals surface area contributed by atoms with Crippen LogP contribution in [-0.2, 0) is 14.8 Å². The summed E-state index contributed by atoms with van der Waals surface area (Å²) in [6.07, 6.45) is -0.464. The highest BCUT2D eigenvalue weighted by Gasteiger charge is 2.38. The third-order valence-electron chi connectivity index (χ3n) is 2.38. The lowest BCUT2D eigenvalue weighted by atomic mass is 10.1. The smallest absolute Gasteiger partial charge is 0.215 e. The van der Waals surface area contributed by atoms with E-state index < -0.39 is 21.7 Å². The van der Waals surface area contributed by atoms with Gasteiger partial charge in [-0.15, -0.1) is 11.6 Å². The zero-order chi connectivity index (χ0) is 12.4. The Morgan fingerprint density at radius 3 is 2.69 bits per heavy atom. The van der Waals surface area contributed by atoms with Gasteiger partial charge < -0.3 is 9.84 Å². The van der Waals surface area contributed by atoms with Crippen molar-refractivity contribution in [2.75, 3.05) is 31.3 Å². The summed E-state index contributed by atoms with van der Waals surface area (Å²) in [5.41, 5.74) is -0.578. The molecule has 1 saturated heterocycles. The van der Waals surface area contributed by atoms with Crippen molar-refractivity contribution in [1.29, 1.82) is 0 Å². The van der Waals surface area contributed by atoms with Crippen molar-refractivity contribution in [2.45, 2.75) is 25.6 Å². The number of aliphatic hydroxyl groups is 1. The Morgan fingerprint density at radius 1 is 1.56 bits per heavy atom. The highest BCUT2D eigenvalue weighted by molar-refractivity contribution is 7.89. The molecule has 0 spiro atoms. The van der Waals surface area contributed by atoms with Crippen molar-refractivity contribution in [1.82, 2.24) is 4.31 Å². The number of halogens is 1. The zero-order valence-corrected chi connectivity index (χ0v) is 11.1. The summed E-state index contributed by atoms with van der Waals surface area (Å²) in [5.74, 6) is -0.00725. The number of ether oxygens (including phenoxy) is 1. The summed E-state index contributed by atoms with van der Waals surface area (Å²) in [6, 6.07) is 0. The van der Waals surface area contributed by atoms with E-state index in [9.17, 15) is 8.42 Å². The van der Waals surface area contributed by atoms with Gasteiger partial charge in [0, 0.05) is 19.0 Å². The van der Waals surface area contributed by atoms with Crippen LogP contribution in [0.15, 0.2) is 0 Å². The van der Waals surface area contributed by atoms with Crippen LogP contribution in [-0.4, -0.2) is 60.9 Å². The minimum atomic E-state index is -3.34. The normalized spacial score (nSPS) is 26.9. The molecule has 0 aromatic carbocycles. The fraction of sp³-hybridized carbons (Fsp3) is 1.00. The zero-order valence-electron chi connectivity index (χ0n) is 9.52. The van der Waals surface area contributed by atoms with Gasteiger partial charge in [0.15, 0.2) is 0 Å². The van der Waals surface area contributed by atoms with Gasteiger partial charge >= 0.3 is 0 Å². The molecule has 0 radical (unpaired) electrons. The second-order valence-corrected chi connectivity index (χ2v) is 6.95. The molecule has 5 nitrogen and oxygen atoms in total. The Hall–Kier alpha value is 0.120. The van der Waals surface area contributed by atoms with Crippen molar-refractivity contribution < 1.29 is 18.3 Å². The minimum absolute atomic E-state index is 0.0733. The number of hydrogen-bond acceptors (Lipinski definition) is 4. The largest absolute Gasteiger partial charge is 0.394 e. The van der Waals surface area contributed by atoms with Gasteiger partial charge in [-0.2, -0.15) is 4.31 Å². The first-order chi connectivity index (χ1) is 7.30. The molecular formula is C9H18ClNO4S. The summed E-state index contributed by atoms with van der Waals surface area (Å²) in [7, 11) is -3.34. The molecule has 0 aromatic rings. The first-order valence-corrected chi connectivity index (χ1v) is 7.27. The molecule has 0 amide bonds. The fourth-order valence-corrected chi connectivity index (χ4v) is 3.71. The van der Waals surface area contributed by atoms with Crippen molar-refractivity contribution in [3.8, 4) is 0 Å². The molecule has 1 rings (SSSR count). The SMILES string of the molecule is CC1(C)CN(S(=O)(=O)CCCl)CC(CO)O1. The molecule has 7 heteroatoms. The maximum Gasteiger partial charge on any atom is 0.215 e. The third kappa shape index (κ3) is 3.56. The highest BCUT2D eigenvalue weighted by Crippen LogP contribution is 2.23. The quantitative estimate of drug-likeness (QED) is 0.733. The lowest BCUT2D eigenvalue weighted by Crippen LogP contribution is -2.56. The molecule has 1 unspecified atom stereocenters. The number of nitrogens with zero attached hydrogens (tertiary/aromatic N) is 1. The number of aliphatic hydroxyl groups excluding tert-OH is 1. The van der Waals surface area contributed by atoms with Crippen molar-refractivity contribution in [3.63, 3.8) is 0 Å². The van der Waals surface area contributed by atoms with E-state index in [1.165, 1.54) is 4.31 Å². The van der Waals surface area contributed by atoms with E-state index in [0.29, 0.717) is 6.54 Å². The summed E-state index contributed by atoms with van der Waals surface area (Å²) in [5, 5.41) is 9.06. The molecule has 0 saturated carbocycles. The fourth-order valence-electron chi connectivity index (χ4n) is 1.78. The highest BCUT2D eigenvalue weighted by atomic mass is 35.5. The Balaban J connectivity index is 2.81. The Morgan fingerprint density at radius 2 is 2.19 bits per heavy atom. The van der Waals surface area contributed by atoms with Gasteiger partial charge in [0.05, 0.1) is 24.1 Å². The van der Waals surface area contributed by atoms with E-state index in [1.54, 1.807) is 13.8 Å². The van der Waals surface area contributed by atoms with E-state index >= 15 is 0 Å².